The fraction of sp³-hybridized carbons (Fsp3) is 0.538. The van der Waals surface area contributed by atoms with Crippen LogP contribution in [0.2, 0.25) is 5.15 Å². The number of anilines is 1. The zero-order valence-electron chi connectivity index (χ0n) is 10.7. The zero-order valence-corrected chi connectivity index (χ0v) is 11.5. The summed E-state index contributed by atoms with van der Waals surface area (Å²) in [5.41, 5.74) is 0.584. The van der Waals surface area contributed by atoms with Gasteiger partial charge in [0, 0.05) is 26.2 Å². The van der Waals surface area contributed by atoms with Crippen LogP contribution >= 0.6 is 11.6 Å². The number of hydrogen-bond donors (Lipinski definition) is 1. The van der Waals surface area contributed by atoms with Crippen molar-refractivity contribution in [3.63, 3.8) is 0 Å². The molecule has 1 amide bonds. The lowest BCUT2D eigenvalue weighted by atomic mass is 9.85. The van der Waals surface area contributed by atoms with Crippen LogP contribution in [-0.4, -0.2) is 36.4 Å². The molecule has 1 aliphatic rings. The standard InChI is InChI=1S/C13H18ClN3O/c1-15-12-7-10(6-11(14)16-12)13(18)17(2)8-9-4-3-5-9/h6-7,9H,3-5,8H2,1-2H3,(H,15,16). The van der Waals surface area contributed by atoms with Crippen LogP contribution < -0.4 is 5.32 Å². The number of nitrogens with zero attached hydrogens (tertiary/aromatic N) is 2. The molecule has 5 heteroatoms. The lowest BCUT2D eigenvalue weighted by molar-refractivity contribution is 0.0745. The summed E-state index contributed by atoms with van der Waals surface area (Å²) in [7, 11) is 3.60. The molecular formula is C13H18ClN3O. The first-order valence-corrected chi connectivity index (χ1v) is 6.58. The van der Waals surface area contributed by atoms with E-state index in [0.717, 1.165) is 6.54 Å². The van der Waals surface area contributed by atoms with Crippen LogP contribution in [0.4, 0.5) is 5.82 Å². The van der Waals surface area contributed by atoms with Crippen LogP contribution in [0.5, 0.6) is 0 Å². The molecule has 0 aliphatic heterocycles. The van der Waals surface area contributed by atoms with Gasteiger partial charge in [0.15, 0.2) is 0 Å². The monoisotopic (exact) mass is 267 g/mol. The third-order valence-corrected chi connectivity index (χ3v) is 3.59. The molecule has 98 valence electrons. The molecule has 0 unspecified atom stereocenters. The van der Waals surface area contributed by atoms with Crippen molar-refractivity contribution in [2.45, 2.75) is 19.3 Å². The smallest absolute Gasteiger partial charge is 0.253 e. The summed E-state index contributed by atoms with van der Waals surface area (Å²) in [5.74, 6) is 1.28. The average Bonchev–Trinajstić information content (AvgIpc) is 2.31. The highest BCUT2D eigenvalue weighted by molar-refractivity contribution is 6.29. The summed E-state index contributed by atoms with van der Waals surface area (Å²) in [4.78, 5) is 18.1. The summed E-state index contributed by atoms with van der Waals surface area (Å²) < 4.78 is 0. The maximum Gasteiger partial charge on any atom is 0.253 e. The van der Waals surface area contributed by atoms with Crippen molar-refractivity contribution in [3.05, 3.63) is 22.8 Å². The minimum atomic E-state index is 0.00250. The van der Waals surface area contributed by atoms with Gasteiger partial charge in [-0.1, -0.05) is 18.0 Å². The molecule has 0 radical (unpaired) electrons. The average molecular weight is 268 g/mol. The number of aromatic nitrogens is 1. The van der Waals surface area contributed by atoms with E-state index in [0.29, 0.717) is 22.5 Å². The second-order valence-electron chi connectivity index (χ2n) is 4.80. The summed E-state index contributed by atoms with van der Waals surface area (Å²) in [5, 5.41) is 3.23. The normalized spacial score (nSPS) is 15.1. The van der Waals surface area contributed by atoms with Crippen molar-refractivity contribution in [2.75, 3.05) is 26.0 Å². The Balaban J connectivity index is 2.08. The highest BCUT2D eigenvalue weighted by Crippen LogP contribution is 2.27. The number of halogens is 1. The predicted molar refractivity (Wildman–Crippen MR) is 73.1 cm³/mol. The maximum atomic E-state index is 12.3. The Hall–Kier alpha value is -1.29. The molecule has 0 spiro atoms. The van der Waals surface area contributed by atoms with Crippen molar-refractivity contribution in [1.29, 1.82) is 0 Å². The number of hydrogen-bond acceptors (Lipinski definition) is 3. The molecule has 0 bridgehead atoms. The Morgan fingerprint density at radius 3 is 2.83 bits per heavy atom. The lowest BCUT2D eigenvalue weighted by Crippen LogP contribution is -2.34. The van der Waals surface area contributed by atoms with Gasteiger partial charge >= 0.3 is 0 Å². The van der Waals surface area contributed by atoms with Crippen molar-refractivity contribution in [1.82, 2.24) is 9.88 Å². The van der Waals surface area contributed by atoms with Gasteiger partial charge in [-0.15, -0.1) is 0 Å². The Labute approximate surface area is 112 Å². The Kier molecular flexibility index (Phi) is 4.07. The molecule has 2 rings (SSSR count). The van der Waals surface area contributed by atoms with Crippen molar-refractivity contribution in [2.24, 2.45) is 5.92 Å². The molecule has 1 N–H and O–H groups in total. The molecule has 0 aromatic carbocycles. The first-order chi connectivity index (χ1) is 8.60. The van der Waals surface area contributed by atoms with Gasteiger partial charge in [-0.2, -0.15) is 0 Å². The van der Waals surface area contributed by atoms with Crippen molar-refractivity contribution < 1.29 is 4.79 Å². The van der Waals surface area contributed by atoms with E-state index in [9.17, 15) is 4.79 Å². The number of carbonyl (C=O) groups excluding carboxylic acids is 1. The van der Waals surface area contributed by atoms with E-state index in [-0.39, 0.29) is 5.91 Å². The van der Waals surface area contributed by atoms with Gasteiger partial charge in [0.05, 0.1) is 0 Å². The summed E-state index contributed by atoms with van der Waals surface area (Å²) in [6, 6.07) is 3.34. The Morgan fingerprint density at radius 2 is 2.28 bits per heavy atom. The van der Waals surface area contributed by atoms with Crippen LogP contribution in [-0.2, 0) is 0 Å². The van der Waals surface area contributed by atoms with Crippen LogP contribution in [0.15, 0.2) is 12.1 Å². The lowest BCUT2D eigenvalue weighted by Gasteiger charge is -2.30. The van der Waals surface area contributed by atoms with E-state index in [4.69, 9.17) is 11.6 Å². The zero-order chi connectivity index (χ0) is 13.1. The van der Waals surface area contributed by atoms with Gasteiger partial charge in [-0.3, -0.25) is 4.79 Å². The van der Waals surface area contributed by atoms with Gasteiger partial charge < -0.3 is 10.2 Å². The molecule has 1 heterocycles. The highest BCUT2D eigenvalue weighted by atomic mass is 35.5. The van der Waals surface area contributed by atoms with Crippen LogP contribution in [0.1, 0.15) is 29.6 Å². The first-order valence-electron chi connectivity index (χ1n) is 6.21. The number of pyridine rings is 1. The van der Waals surface area contributed by atoms with Gasteiger partial charge in [0.25, 0.3) is 5.91 Å². The molecule has 1 saturated carbocycles. The van der Waals surface area contributed by atoms with E-state index >= 15 is 0 Å². The molecule has 1 fully saturated rings. The SMILES string of the molecule is CNc1cc(C(=O)N(C)CC2CCC2)cc(Cl)n1. The molecule has 0 atom stereocenters. The van der Waals surface area contributed by atoms with E-state index in [1.807, 2.05) is 7.05 Å². The van der Waals surface area contributed by atoms with Gasteiger partial charge in [0.1, 0.15) is 11.0 Å². The topological polar surface area (TPSA) is 45.2 Å². The molecular weight excluding hydrogens is 250 g/mol. The number of nitrogens with one attached hydrogen (secondary N) is 1. The largest absolute Gasteiger partial charge is 0.373 e. The Morgan fingerprint density at radius 1 is 1.56 bits per heavy atom. The third-order valence-electron chi connectivity index (χ3n) is 3.40. The highest BCUT2D eigenvalue weighted by Gasteiger charge is 2.22. The van der Waals surface area contributed by atoms with Crippen molar-refractivity contribution >= 4 is 23.3 Å². The van der Waals surface area contributed by atoms with E-state index in [2.05, 4.69) is 10.3 Å². The van der Waals surface area contributed by atoms with E-state index < -0.39 is 0 Å². The summed E-state index contributed by atoms with van der Waals surface area (Å²) in [6.07, 6.45) is 3.75. The predicted octanol–water partition coefficient (Wildman–Crippen LogP) is 2.65. The van der Waals surface area contributed by atoms with Crippen molar-refractivity contribution in [3.8, 4) is 0 Å². The first kappa shape index (κ1) is 13.1. The van der Waals surface area contributed by atoms with Crippen LogP contribution in [0, 0.1) is 5.92 Å². The van der Waals surface area contributed by atoms with Gasteiger partial charge in [-0.05, 0) is 30.9 Å². The molecule has 1 aliphatic carbocycles. The number of carbonyl (C=O) groups is 1. The van der Waals surface area contributed by atoms with Crippen LogP contribution in [0.3, 0.4) is 0 Å². The minimum Gasteiger partial charge on any atom is -0.373 e. The molecule has 18 heavy (non-hydrogen) atoms. The second kappa shape index (κ2) is 5.57. The number of rotatable bonds is 4. The quantitative estimate of drug-likeness (QED) is 0.853. The number of amides is 1. The molecule has 1 aromatic heterocycles. The summed E-state index contributed by atoms with van der Waals surface area (Å²) in [6.45, 7) is 0.827. The second-order valence-corrected chi connectivity index (χ2v) is 5.18. The van der Waals surface area contributed by atoms with E-state index in [1.165, 1.54) is 19.3 Å². The summed E-state index contributed by atoms with van der Waals surface area (Å²) >= 11 is 5.90. The maximum absolute atomic E-state index is 12.3. The molecule has 0 saturated heterocycles. The fourth-order valence-corrected chi connectivity index (χ4v) is 2.32. The molecule has 4 nitrogen and oxygen atoms in total. The minimum absolute atomic E-state index is 0.00250. The Bertz CT molecular complexity index is 446. The van der Waals surface area contributed by atoms with Gasteiger partial charge in [0.2, 0.25) is 0 Å². The fourth-order valence-electron chi connectivity index (χ4n) is 2.11. The van der Waals surface area contributed by atoms with E-state index in [1.54, 1.807) is 24.1 Å². The molecule has 1 aromatic rings. The van der Waals surface area contributed by atoms with Crippen LogP contribution in [0.25, 0.3) is 0 Å². The van der Waals surface area contributed by atoms with Gasteiger partial charge in [-0.25, -0.2) is 4.98 Å². The third kappa shape index (κ3) is 2.93.